The minimum absolute atomic E-state index is 0.178. The highest BCUT2D eigenvalue weighted by atomic mass is 32.2. The van der Waals surface area contributed by atoms with Crippen LogP contribution >= 0.6 is 11.8 Å². The number of amides is 3. The zero-order chi connectivity index (χ0) is 22.0. The van der Waals surface area contributed by atoms with Crippen molar-refractivity contribution in [3.63, 3.8) is 0 Å². The number of rotatable bonds is 6. The van der Waals surface area contributed by atoms with Crippen molar-refractivity contribution >= 4 is 34.6 Å². The van der Waals surface area contributed by atoms with E-state index in [2.05, 4.69) is 10.3 Å². The van der Waals surface area contributed by atoms with E-state index in [4.69, 9.17) is 4.74 Å². The number of aromatic nitrogens is 2. The molecule has 2 aromatic carbocycles. The molecule has 3 aromatic rings. The number of fused-ring (bicyclic) bond motifs is 1. The summed E-state index contributed by atoms with van der Waals surface area (Å²) in [6.07, 6.45) is 0. The summed E-state index contributed by atoms with van der Waals surface area (Å²) in [5, 5.41) is 2.99. The van der Waals surface area contributed by atoms with E-state index in [0.717, 1.165) is 11.3 Å². The van der Waals surface area contributed by atoms with Crippen LogP contribution in [0.25, 0.3) is 10.9 Å². The molecule has 8 nitrogen and oxygen atoms in total. The molecule has 1 unspecified atom stereocenters. The number of ether oxygens (including phenoxy) is 1. The van der Waals surface area contributed by atoms with Crippen LogP contribution in [0.3, 0.4) is 0 Å². The number of nitrogens with zero attached hydrogens (tertiary/aromatic N) is 3. The Bertz CT molecular complexity index is 1190. The van der Waals surface area contributed by atoms with Gasteiger partial charge in [0.2, 0.25) is 5.91 Å². The maximum atomic E-state index is 13.3. The van der Waals surface area contributed by atoms with Crippen LogP contribution in [0.15, 0.2) is 58.5 Å². The monoisotopic (exact) mass is 438 g/mol. The summed E-state index contributed by atoms with van der Waals surface area (Å²) in [6, 6.07) is 14.2. The second kappa shape index (κ2) is 8.81. The van der Waals surface area contributed by atoms with Gasteiger partial charge in [0, 0.05) is 13.1 Å². The van der Waals surface area contributed by atoms with Crippen LogP contribution in [-0.4, -0.2) is 51.8 Å². The van der Waals surface area contributed by atoms with Gasteiger partial charge in [-0.05, 0) is 36.8 Å². The van der Waals surface area contributed by atoms with E-state index >= 15 is 0 Å². The number of hydrogen-bond acceptors (Lipinski definition) is 6. The number of imide groups is 1. The fourth-order valence-corrected chi connectivity index (χ4v) is 4.37. The largest absolute Gasteiger partial charge is 0.497 e. The van der Waals surface area contributed by atoms with Crippen molar-refractivity contribution in [2.75, 3.05) is 20.2 Å². The van der Waals surface area contributed by atoms with Crippen molar-refractivity contribution in [3.8, 4) is 5.75 Å². The SMILES string of the molecule is COc1ccc(Cn2c(SC(C)C(=O)N3CCNC3=O)nc3ccccc3c2=O)cc1. The molecule has 0 spiro atoms. The molecule has 1 aliphatic heterocycles. The van der Waals surface area contributed by atoms with E-state index in [0.29, 0.717) is 35.7 Å². The van der Waals surface area contributed by atoms with Gasteiger partial charge in [0.15, 0.2) is 5.16 Å². The number of hydrogen-bond donors (Lipinski definition) is 1. The lowest BCUT2D eigenvalue weighted by molar-refractivity contribution is -0.126. The van der Waals surface area contributed by atoms with Crippen molar-refractivity contribution in [3.05, 3.63) is 64.4 Å². The van der Waals surface area contributed by atoms with E-state index in [1.165, 1.54) is 16.7 Å². The third kappa shape index (κ3) is 4.27. The number of carbonyl (C=O) groups excluding carboxylic acids is 2. The molecule has 0 bridgehead atoms. The van der Waals surface area contributed by atoms with Gasteiger partial charge >= 0.3 is 6.03 Å². The minimum atomic E-state index is -0.584. The van der Waals surface area contributed by atoms with Crippen LogP contribution < -0.4 is 15.6 Å². The Morgan fingerprint density at radius 3 is 2.61 bits per heavy atom. The van der Waals surface area contributed by atoms with Gasteiger partial charge in [0.1, 0.15) is 5.75 Å². The predicted molar refractivity (Wildman–Crippen MR) is 119 cm³/mol. The molecular formula is C22H22N4O4S. The Hall–Kier alpha value is -3.33. The quantitative estimate of drug-likeness (QED) is 0.470. The van der Waals surface area contributed by atoms with E-state index in [1.54, 1.807) is 36.8 Å². The summed E-state index contributed by atoms with van der Waals surface area (Å²) in [4.78, 5) is 43.8. The first kappa shape index (κ1) is 20.9. The molecule has 1 atom stereocenters. The summed E-state index contributed by atoms with van der Waals surface area (Å²) < 4.78 is 6.77. The number of thioether (sulfide) groups is 1. The summed E-state index contributed by atoms with van der Waals surface area (Å²) in [7, 11) is 1.60. The number of methoxy groups -OCH3 is 1. The molecule has 1 aliphatic rings. The standard InChI is InChI=1S/C22H22N4O4S/c1-14(19(27)25-12-11-23-21(25)29)31-22-24-18-6-4-3-5-17(18)20(28)26(22)13-15-7-9-16(30-2)10-8-15/h3-10,14H,11-13H2,1-2H3,(H,23,29). The first-order valence-electron chi connectivity index (χ1n) is 9.86. The smallest absolute Gasteiger partial charge is 0.324 e. The average Bonchev–Trinajstić information content (AvgIpc) is 3.22. The highest BCUT2D eigenvalue weighted by molar-refractivity contribution is 8.00. The summed E-state index contributed by atoms with van der Waals surface area (Å²) in [5.74, 6) is 0.420. The van der Waals surface area contributed by atoms with Crippen LogP contribution in [0.1, 0.15) is 12.5 Å². The van der Waals surface area contributed by atoms with Gasteiger partial charge in [0.25, 0.3) is 5.56 Å². The van der Waals surface area contributed by atoms with Crippen molar-refractivity contribution in [2.24, 2.45) is 0 Å². The highest BCUT2D eigenvalue weighted by Crippen LogP contribution is 2.25. The van der Waals surface area contributed by atoms with Crippen molar-refractivity contribution < 1.29 is 14.3 Å². The summed E-state index contributed by atoms with van der Waals surface area (Å²) in [6.45, 7) is 2.80. The third-order valence-electron chi connectivity index (χ3n) is 5.08. The van der Waals surface area contributed by atoms with Crippen molar-refractivity contribution in [1.29, 1.82) is 0 Å². The molecule has 1 fully saturated rings. The number of carbonyl (C=O) groups is 2. The number of nitrogens with one attached hydrogen (secondary N) is 1. The summed E-state index contributed by atoms with van der Waals surface area (Å²) >= 11 is 1.18. The zero-order valence-corrected chi connectivity index (χ0v) is 18.0. The Balaban J connectivity index is 1.70. The molecule has 3 amide bonds. The zero-order valence-electron chi connectivity index (χ0n) is 17.2. The first-order valence-corrected chi connectivity index (χ1v) is 10.7. The van der Waals surface area contributed by atoms with Crippen LogP contribution in [-0.2, 0) is 11.3 Å². The fraction of sp³-hybridized carbons (Fsp3) is 0.273. The average molecular weight is 439 g/mol. The normalized spacial score (nSPS) is 14.5. The molecule has 0 radical (unpaired) electrons. The molecule has 1 N–H and O–H groups in total. The van der Waals surface area contributed by atoms with Gasteiger partial charge < -0.3 is 10.1 Å². The molecule has 4 rings (SSSR count). The Labute approximate surface area is 183 Å². The third-order valence-corrected chi connectivity index (χ3v) is 6.16. The molecule has 1 aromatic heterocycles. The van der Waals surface area contributed by atoms with Crippen molar-refractivity contribution in [1.82, 2.24) is 19.8 Å². The van der Waals surface area contributed by atoms with Crippen molar-refractivity contribution in [2.45, 2.75) is 23.9 Å². The van der Waals surface area contributed by atoms with E-state index in [9.17, 15) is 14.4 Å². The molecule has 1 saturated heterocycles. The molecular weight excluding hydrogens is 416 g/mol. The Morgan fingerprint density at radius 2 is 1.94 bits per heavy atom. The molecule has 0 aliphatic carbocycles. The van der Waals surface area contributed by atoms with Gasteiger partial charge in [-0.3, -0.25) is 19.1 Å². The van der Waals surface area contributed by atoms with Gasteiger partial charge in [-0.2, -0.15) is 0 Å². The molecule has 2 heterocycles. The fourth-order valence-electron chi connectivity index (χ4n) is 3.40. The lowest BCUT2D eigenvalue weighted by atomic mass is 10.2. The second-order valence-electron chi connectivity index (χ2n) is 7.13. The maximum absolute atomic E-state index is 13.3. The lowest BCUT2D eigenvalue weighted by Gasteiger charge is -2.19. The van der Waals surface area contributed by atoms with Crippen LogP contribution in [0, 0.1) is 0 Å². The second-order valence-corrected chi connectivity index (χ2v) is 8.44. The van der Waals surface area contributed by atoms with Gasteiger partial charge in [-0.1, -0.05) is 36.0 Å². The molecule has 0 saturated carbocycles. The van der Waals surface area contributed by atoms with Gasteiger partial charge in [-0.25, -0.2) is 9.78 Å². The Morgan fingerprint density at radius 1 is 1.19 bits per heavy atom. The molecule has 31 heavy (non-hydrogen) atoms. The topological polar surface area (TPSA) is 93.5 Å². The maximum Gasteiger partial charge on any atom is 0.324 e. The Kier molecular flexibility index (Phi) is 5.94. The van der Waals surface area contributed by atoms with Crippen LogP contribution in [0.2, 0.25) is 0 Å². The number of benzene rings is 2. The summed E-state index contributed by atoms with van der Waals surface area (Å²) in [5.41, 5.74) is 1.29. The predicted octanol–water partition coefficient (Wildman–Crippen LogP) is 2.49. The molecule has 160 valence electrons. The number of para-hydroxylation sites is 1. The minimum Gasteiger partial charge on any atom is -0.497 e. The van der Waals surface area contributed by atoms with E-state index in [1.807, 2.05) is 30.3 Å². The van der Waals surface area contributed by atoms with Crippen LogP contribution in [0.4, 0.5) is 4.79 Å². The molecule has 9 heteroatoms. The lowest BCUT2D eigenvalue weighted by Crippen LogP contribution is -2.39. The van der Waals surface area contributed by atoms with Gasteiger partial charge in [-0.15, -0.1) is 0 Å². The van der Waals surface area contributed by atoms with Gasteiger partial charge in [0.05, 0.1) is 29.8 Å². The van der Waals surface area contributed by atoms with E-state index < -0.39 is 5.25 Å². The van der Waals surface area contributed by atoms with Crippen LogP contribution in [0.5, 0.6) is 5.75 Å². The van der Waals surface area contributed by atoms with E-state index in [-0.39, 0.29) is 17.5 Å². The highest BCUT2D eigenvalue weighted by Gasteiger charge is 2.31. The first-order chi connectivity index (χ1) is 15.0. The number of urea groups is 1.